The van der Waals surface area contributed by atoms with Crippen molar-refractivity contribution in [1.82, 2.24) is 24.8 Å². The molecule has 2 aromatic carbocycles. The van der Waals surface area contributed by atoms with Gasteiger partial charge in [0.05, 0.1) is 11.4 Å². The molecule has 3 heterocycles. The Hall–Kier alpha value is -4.11. The van der Waals surface area contributed by atoms with E-state index in [4.69, 9.17) is 0 Å². The molecule has 5 rings (SSSR count). The van der Waals surface area contributed by atoms with Crippen LogP contribution in [0, 0.1) is 0 Å². The van der Waals surface area contributed by atoms with Crippen LogP contribution < -0.4 is 4.72 Å². The van der Waals surface area contributed by atoms with Gasteiger partial charge in [-0.2, -0.15) is 9.61 Å². The molecule has 0 saturated heterocycles. The second-order valence-corrected chi connectivity index (χ2v) is 8.89. The Bertz CT molecular complexity index is 1470. The van der Waals surface area contributed by atoms with Crippen molar-refractivity contribution in [3.05, 3.63) is 96.8 Å². The summed E-state index contributed by atoms with van der Waals surface area (Å²) in [5.41, 5.74) is 4.27. The molecule has 9 heteroatoms. The molecule has 0 unspecified atom stereocenters. The molecule has 158 valence electrons. The summed E-state index contributed by atoms with van der Waals surface area (Å²) in [6.45, 7) is 0. The van der Waals surface area contributed by atoms with Gasteiger partial charge < -0.3 is 0 Å². The maximum atomic E-state index is 12.5. The third kappa shape index (κ3) is 4.19. The van der Waals surface area contributed by atoms with Crippen molar-refractivity contribution < 1.29 is 8.42 Å². The molecule has 1 N–H and O–H groups in total. The van der Waals surface area contributed by atoms with Gasteiger partial charge in [-0.05, 0) is 42.0 Å². The van der Waals surface area contributed by atoms with Crippen molar-refractivity contribution in [2.24, 2.45) is 0 Å². The lowest BCUT2D eigenvalue weighted by Gasteiger charge is -2.09. The second kappa shape index (κ2) is 8.20. The molecular weight excluding hydrogens is 424 g/mol. The van der Waals surface area contributed by atoms with Crippen LogP contribution in [0.15, 0.2) is 91.3 Å². The normalized spacial score (nSPS) is 11.5. The van der Waals surface area contributed by atoms with Gasteiger partial charge in [0.15, 0.2) is 11.5 Å². The van der Waals surface area contributed by atoms with Crippen LogP contribution in [0.2, 0.25) is 0 Å². The molecule has 0 bridgehead atoms. The van der Waals surface area contributed by atoms with Crippen LogP contribution in [0.5, 0.6) is 0 Å². The molecule has 0 spiro atoms. The highest BCUT2D eigenvalue weighted by molar-refractivity contribution is 7.91. The summed E-state index contributed by atoms with van der Waals surface area (Å²) in [6, 6.07) is 23.6. The third-order valence-corrected chi connectivity index (χ3v) is 6.11. The van der Waals surface area contributed by atoms with Crippen LogP contribution in [0.25, 0.3) is 28.3 Å². The van der Waals surface area contributed by atoms with Gasteiger partial charge in [-0.1, -0.05) is 42.5 Å². The first-order valence-electron chi connectivity index (χ1n) is 9.85. The van der Waals surface area contributed by atoms with Crippen molar-refractivity contribution in [3.8, 4) is 22.6 Å². The van der Waals surface area contributed by atoms with Crippen LogP contribution in [0.3, 0.4) is 0 Å². The fraction of sp³-hybridized carbons (Fsp3) is 0.0435. The number of rotatable bonds is 6. The Labute approximate surface area is 184 Å². The molecular formula is C23H18N6O2S. The van der Waals surface area contributed by atoms with Gasteiger partial charge in [0.25, 0.3) is 0 Å². The molecule has 0 aliphatic carbocycles. The van der Waals surface area contributed by atoms with Crippen LogP contribution >= 0.6 is 0 Å². The van der Waals surface area contributed by atoms with E-state index in [1.54, 1.807) is 41.2 Å². The van der Waals surface area contributed by atoms with Gasteiger partial charge in [0.2, 0.25) is 10.0 Å². The van der Waals surface area contributed by atoms with Crippen LogP contribution in [0.4, 0.5) is 5.69 Å². The number of anilines is 1. The summed E-state index contributed by atoms with van der Waals surface area (Å²) >= 11 is 0. The predicted molar refractivity (Wildman–Crippen MR) is 122 cm³/mol. The van der Waals surface area contributed by atoms with Crippen LogP contribution in [0.1, 0.15) is 5.56 Å². The zero-order chi connectivity index (χ0) is 22.0. The smallest absolute Gasteiger partial charge is 0.236 e. The number of benzene rings is 2. The fourth-order valence-corrected chi connectivity index (χ4v) is 4.54. The number of hydrogen-bond donors (Lipinski definition) is 1. The molecule has 3 aromatic heterocycles. The zero-order valence-electron chi connectivity index (χ0n) is 16.8. The number of nitrogens with one attached hydrogen (secondary N) is 1. The number of pyridine rings is 1. The summed E-state index contributed by atoms with van der Waals surface area (Å²) in [5.74, 6) is 0.536. The Morgan fingerprint density at radius 3 is 2.28 bits per heavy atom. The quantitative estimate of drug-likeness (QED) is 0.429. The largest absolute Gasteiger partial charge is 0.283 e. The molecule has 0 fully saturated rings. The minimum Gasteiger partial charge on any atom is -0.283 e. The number of hydrogen-bond acceptors (Lipinski definition) is 6. The monoisotopic (exact) mass is 442 g/mol. The number of nitrogens with zero attached hydrogens (tertiary/aromatic N) is 5. The highest BCUT2D eigenvalue weighted by Crippen LogP contribution is 2.23. The average molecular weight is 443 g/mol. The number of sulfonamides is 1. The van der Waals surface area contributed by atoms with Crippen molar-refractivity contribution in [1.29, 1.82) is 0 Å². The van der Waals surface area contributed by atoms with E-state index in [1.165, 1.54) is 0 Å². The molecule has 0 amide bonds. The van der Waals surface area contributed by atoms with Gasteiger partial charge in [0.1, 0.15) is 0 Å². The standard InChI is InChI=1S/C23H18N6O2S/c30-32(31,16-17-4-2-1-3-5-17)28-20-8-6-18(7-9-20)21-10-11-22-25-26-23(29(22)27-21)19-12-14-24-15-13-19/h1-15,28H,16H2. The average Bonchev–Trinajstić information content (AvgIpc) is 3.23. The Balaban J connectivity index is 1.39. The molecule has 0 aliphatic heterocycles. The topological polar surface area (TPSA) is 102 Å². The second-order valence-electron chi connectivity index (χ2n) is 7.17. The van der Waals surface area contributed by atoms with Crippen molar-refractivity contribution >= 4 is 21.4 Å². The Morgan fingerprint density at radius 1 is 0.781 bits per heavy atom. The van der Waals surface area contributed by atoms with Crippen molar-refractivity contribution in [2.45, 2.75) is 5.75 Å². The van der Waals surface area contributed by atoms with E-state index in [0.29, 0.717) is 22.9 Å². The van der Waals surface area contributed by atoms with E-state index < -0.39 is 10.0 Å². The maximum Gasteiger partial charge on any atom is 0.236 e. The number of aromatic nitrogens is 5. The third-order valence-electron chi connectivity index (χ3n) is 4.85. The van der Waals surface area contributed by atoms with Gasteiger partial charge in [-0.15, -0.1) is 10.2 Å². The van der Waals surface area contributed by atoms with E-state index >= 15 is 0 Å². The van der Waals surface area contributed by atoms with E-state index in [2.05, 4.69) is 25.0 Å². The summed E-state index contributed by atoms with van der Waals surface area (Å²) in [6.07, 6.45) is 3.38. The Kier molecular flexibility index (Phi) is 5.08. The highest BCUT2D eigenvalue weighted by atomic mass is 32.2. The summed E-state index contributed by atoms with van der Waals surface area (Å²) in [4.78, 5) is 4.03. The minimum absolute atomic E-state index is 0.0841. The first kappa shape index (κ1) is 19.8. The molecule has 5 aromatic rings. The minimum atomic E-state index is -3.51. The fourth-order valence-electron chi connectivity index (χ4n) is 3.34. The lowest BCUT2D eigenvalue weighted by molar-refractivity contribution is 0.600. The first-order valence-corrected chi connectivity index (χ1v) is 11.5. The zero-order valence-corrected chi connectivity index (χ0v) is 17.6. The highest BCUT2D eigenvalue weighted by Gasteiger charge is 2.13. The molecule has 0 radical (unpaired) electrons. The van der Waals surface area contributed by atoms with E-state index in [9.17, 15) is 8.42 Å². The Morgan fingerprint density at radius 2 is 1.53 bits per heavy atom. The SMILES string of the molecule is O=S(=O)(Cc1ccccc1)Nc1ccc(-c2ccc3nnc(-c4ccncc4)n3n2)cc1. The lowest BCUT2D eigenvalue weighted by atomic mass is 10.1. The van der Waals surface area contributed by atoms with Crippen LogP contribution in [-0.2, 0) is 15.8 Å². The summed E-state index contributed by atoms with van der Waals surface area (Å²) in [5, 5.41) is 13.1. The molecule has 0 atom stereocenters. The molecule has 0 aliphatic rings. The van der Waals surface area contributed by atoms with Crippen molar-refractivity contribution in [3.63, 3.8) is 0 Å². The van der Waals surface area contributed by atoms with Gasteiger partial charge in [0, 0.05) is 29.2 Å². The summed E-state index contributed by atoms with van der Waals surface area (Å²) in [7, 11) is -3.51. The molecule has 8 nitrogen and oxygen atoms in total. The van der Waals surface area contributed by atoms with E-state index in [-0.39, 0.29) is 5.75 Å². The lowest BCUT2D eigenvalue weighted by Crippen LogP contribution is -2.14. The van der Waals surface area contributed by atoms with Crippen molar-refractivity contribution in [2.75, 3.05) is 4.72 Å². The van der Waals surface area contributed by atoms with E-state index in [0.717, 1.165) is 16.7 Å². The van der Waals surface area contributed by atoms with Gasteiger partial charge in [-0.25, -0.2) is 8.42 Å². The number of fused-ring (bicyclic) bond motifs is 1. The van der Waals surface area contributed by atoms with E-state index in [1.807, 2.05) is 54.6 Å². The first-order chi connectivity index (χ1) is 15.6. The molecule has 32 heavy (non-hydrogen) atoms. The van der Waals surface area contributed by atoms with Crippen LogP contribution in [-0.4, -0.2) is 33.2 Å². The van der Waals surface area contributed by atoms with Gasteiger partial charge in [-0.3, -0.25) is 9.71 Å². The molecule has 0 saturated carbocycles. The predicted octanol–water partition coefficient (Wildman–Crippen LogP) is 3.80. The van der Waals surface area contributed by atoms with Gasteiger partial charge >= 0.3 is 0 Å². The maximum absolute atomic E-state index is 12.5. The summed E-state index contributed by atoms with van der Waals surface area (Å²) < 4.78 is 29.2.